The predicted octanol–water partition coefficient (Wildman–Crippen LogP) is 2.80. The van der Waals surface area contributed by atoms with E-state index in [0.717, 1.165) is 27.6 Å². The number of carbonyl (C=O) groups excluding carboxylic acids is 1. The smallest absolute Gasteiger partial charge is 0.250 e. The Morgan fingerprint density at radius 3 is 2.57 bits per heavy atom. The van der Waals surface area contributed by atoms with Crippen LogP contribution in [0.25, 0.3) is 22.0 Å². The standard InChI is InChI=1S/C26H34N4O4S/c1-18(31)16-28-10-5-13-35(33,34)30-11-8-20(9-12-30)24-17-29-25-22(24)14-21(15-23(25)26(27)32)19-6-3-2-4-7-19/h2-4,6-7,14-15,17-18,20,28-29,31H,5,8-13,16H2,1H3,(H2,27,32). The first kappa shape index (κ1) is 25.4. The zero-order valence-corrected chi connectivity index (χ0v) is 20.9. The van der Waals surface area contributed by atoms with Gasteiger partial charge >= 0.3 is 0 Å². The van der Waals surface area contributed by atoms with Crippen LogP contribution in [0.15, 0.2) is 48.7 Å². The Balaban J connectivity index is 1.48. The molecule has 1 saturated heterocycles. The summed E-state index contributed by atoms with van der Waals surface area (Å²) >= 11 is 0. The molecule has 2 heterocycles. The number of piperidine rings is 1. The van der Waals surface area contributed by atoms with Crippen LogP contribution in [-0.4, -0.2) is 66.8 Å². The number of nitrogens with two attached hydrogens (primary N) is 1. The maximum atomic E-state index is 12.8. The van der Waals surface area contributed by atoms with Gasteiger partial charge in [-0.3, -0.25) is 4.79 Å². The van der Waals surface area contributed by atoms with Crippen molar-refractivity contribution in [1.29, 1.82) is 0 Å². The van der Waals surface area contributed by atoms with Crippen LogP contribution in [0.5, 0.6) is 0 Å². The van der Waals surface area contributed by atoms with Crippen molar-refractivity contribution in [3.05, 3.63) is 59.8 Å². The molecule has 1 atom stereocenters. The Bertz CT molecular complexity index is 1260. The highest BCUT2D eigenvalue weighted by Crippen LogP contribution is 2.37. The van der Waals surface area contributed by atoms with Crippen molar-refractivity contribution in [3.63, 3.8) is 0 Å². The molecule has 5 N–H and O–H groups in total. The van der Waals surface area contributed by atoms with Crippen molar-refractivity contribution < 1.29 is 18.3 Å². The third-order valence-electron chi connectivity index (χ3n) is 6.68. The number of hydrogen-bond donors (Lipinski definition) is 4. The Morgan fingerprint density at radius 2 is 1.91 bits per heavy atom. The molecule has 1 aliphatic rings. The number of H-pyrrole nitrogens is 1. The van der Waals surface area contributed by atoms with Gasteiger partial charge in [0, 0.05) is 31.2 Å². The monoisotopic (exact) mass is 498 g/mol. The second-order valence-corrected chi connectivity index (χ2v) is 11.4. The average molecular weight is 499 g/mol. The summed E-state index contributed by atoms with van der Waals surface area (Å²) in [6.07, 6.45) is 3.43. The minimum Gasteiger partial charge on any atom is -0.392 e. The first-order valence-corrected chi connectivity index (χ1v) is 13.7. The number of hydrogen-bond acceptors (Lipinski definition) is 5. The molecule has 1 amide bonds. The van der Waals surface area contributed by atoms with Crippen molar-refractivity contribution in [2.75, 3.05) is 31.9 Å². The molecule has 0 aliphatic carbocycles. The number of rotatable bonds is 10. The fourth-order valence-electron chi connectivity index (χ4n) is 4.85. The van der Waals surface area contributed by atoms with Gasteiger partial charge in [-0.25, -0.2) is 12.7 Å². The number of amides is 1. The molecule has 2 aromatic carbocycles. The van der Waals surface area contributed by atoms with Gasteiger partial charge < -0.3 is 21.1 Å². The number of nitrogens with one attached hydrogen (secondary N) is 2. The number of benzene rings is 2. The number of aliphatic hydroxyl groups excluding tert-OH is 1. The highest BCUT2D eigenvalue weighted by molar-refractivity contribution is 7.89. The molecule has 3 aromatic rings. The normalized spacial score (nSPS) is 16.5. The largest absolute Gasteiger partial charge is 0.392 e. The molecule has 0 bridgehead atoms. The fourth-order valence-corrected chi connectivity index (χ4v) is 6.38. The zero-order chi connectivity index (χ0) is 25.0. The van der Waals surface area contributed by atoms with Gasteiger partial charge in [0.05, 0.1) is 22.9 Å². The van der Waals surface area contributed by atoms with Crippen LogP contribution in [0.1, 0.15) is 48.0 Å². The van der Waals surface area contributed by atoms with Crippen molar-refractivity contribution in [1.82, 2.24) is 14.6 Å². The Hall–Kier alpha value is -2.72. The molecule has 0 spiro atoms. The summed E-state index contributed by atoms with van der Waals surface area (Å²) in [4.78, 5) is 15.5. The van der Waals surface area contributed by atoms with E-state index >= 15 is 0 Å². The van der Waals surface area contributed by atoms with Crippen LogP contribution in [0, 0.1) is 0 Å². The first-order chi connectivity index (χ1) is 16.8. The lowest BCUT2D eigenvalue weighted by atomic mass is 9.88. The Labute approximate surface area is 206 Å². The van der Waals surface area contributed by atoms with E-state index < -0.39 is 22.0 Å². The molecular weight excluding hydrogens is 464 g/mol. The highest BCUT2D eigenvalue weighted by Gasteiger charge is 2.30. The first-order valence-electron chi connectivity index (χ1n) is 12.1. The third-order valence-corrected chi connectivity index (χ3v) is 8.63. The summed E-state index contributed by atoms with van der Waals surface area (Å²) in [5.41, 5.74) is 9.92. The van der Waals surface area contributed by atoms with E-state index in [4.69, 9.17) is 5.73 Å². The van der Waals surface area contributed by atoms with E-state index in [9.17, 15) is 18.3 Å². The summed E-state index contributed by atoms with van der Waals surface area (Å²) in [5, 5.41) is 13.3. The van der Waals surface area contributed by atoms with Crippen molar-refractivity contribution in [2.45, 2.75) is 38.2 Å². The van der Waals surface area contributed by atoms with E-state index in [-0.39, 0.29) is 11.7 Å². The molecule has 0 saturated carbocycles. The molecule has 1 aliphatic heterocycles. The Morgan fingerprint density at radius 1 is 1.20 bits per heavy atom. The number of aromatic amines is 1. The number of carbonyl (C=O) groups is 1. The molecule has 4 rings (SSSR count). The van der Waals surface area contributed by atoms with Gasteiger partial charge in [-0.15, -0.1) is 0 Å². The number of nitrogens with zero attached hydrogens (tertiary/aromatic N) is 1. The quantitative estimate of drug-likeness (QED) is 0.320. The third kappa shape index (κ3) is 5.92. The Kier molecular flexibility index (Phi) is 7.91. The molecule has 9 heteroatoms. The highest BCUT2D eigenvalue weighted by atomic mass is 32.2. The zero-order valence-electron chi connectivity index (χ0n) is 20.0. The second kappa shape index (κ2) is 10.9. The minimum atomic E-state index is -3.32. The van der Waals surface area contributed by atoms with Gasteiger partial charge in [0.25, 0.3) is 5.91 Å². The van der Waals surface area contributed by atoms with E-state index in [1.807, 2.05) is 42.6 Å². The fraction of sp³-hybridized carbons (Fsp3) is 0.423. The molecule has 35 heavy (non-hydrogen) atoms. The number of aliphatic hydroxyl groups is 1. The lowest BCUT2D eigenvalue weighted by molar-refractivity contribution is 0.100. The van der Waals surface area contributed by atoms with Crippen molar-refractivity contribution >= 4 is 26.8 Å². The van der Waals surface area contributed by atoms with E-state index in [0.29, 0.717) is 51.0 Å². The molecule has 188 valence electrons. The van der Waals surface area contributed by atoms with E-state index in [1.165, 1.54) is 0 Å². The molecule has 8 nitrogen and oxygen atoms in total. The number of aromatic nitrogens is 1. The van der Waals surface area contributed by atoms with Crippen LogP contribution in [0.3, 0.4) is 0 Å². The predicted molar refractivity (Wildman–Crippen MR) is 139 cm³/mol. The minimum absolute atomic E-state index is 0.0972. The second-order valence-electron chi connectivity index (χ2n) is 9.32. The van der Waals surface area contributed by atoms with Crippen LogP contribution < -0.4 is 11.1 Å². The van der Waals surface area contributed by atoms with Gasteiger partial charge in [0.15, 0.2) is 0 Å². The van der Waals surface area contributed by atoms with Gasteiger partial charge in [0.2, 0.25) is 10.0 Å². The molecule has 1 aromatic heterocycles. The molecular formula is C26H34N4O4S. The summed E-state index contributed by atoms with van der Waals surface area (Å²) in [7, 11) is -3.32. The summed E-state index contributed by atoms with van der Waals surface area (Å²) in [5.74, 6) is -0.195. The van der Waals surface area contributed by atoms with Gasteiger partial charge in [0.1, 0.15) is 0 Å². The summed E-state index contributed by atoms with van der Waals surface area (Å²) < 4.78 is 27.2. The lowest BCUT2D eigenvalue weighted by Crippen LogP contribution is -2.39. The maximum absolute atomic E-state index is 12.8. The van der Waals surface area contributed by atoms with Crippen LogP contribution in [0.2, 0.25) is 0 Å². The van der Waals surface area contributed by atoms with Gasteiger partial charge in [-0.2, -0.15) is 0 Å². The molecule has 1 unspecified atom stereocenters. The number of fused-ring (bicyclic) bond motifs is 1. The van der Waals surface area contributed by atoms with E-state index in [2.05, 4.69) is 16.4 Å². The van der Waals surface area contributed by atoms with Crippen LogP contribution >= 0.6 is 0 Å². The average Bonchev–Trinajstić information content (AvgIpc) is 3.27. The number of primary amides is 1. The maximum Gasteiger partial charge on any atom is 0.250 e. The molecule has 0 radical (unpaired) electrons. The van der Waals surface area contributed by atoms with Gasteiger partial charge in [-0.05, 0) is 67.5 Å². The SMILES string of the molecule is CC(O)CNCCCS(=O)(=O)N1CCC(c2c[nH]c3c(C(N)=O)cc(-c4ccccc4)cc23)CC1. The van der Waals surface area contributed by atoms with Crippen molar-refractivity contribution in [3.8, 4) is 11.1 Å². The van der Waals surface area contributed by atoms with Crippen LogP contribution in [-0.2, 0) is 10.0 Å². The molecule has 1 fully saturated rings. The summed E-state index contributed by atoms with van der Waals surface area (Å²) in [6, 6.07) is 13.8. The van der Waals surface area contributed by atoms with Crippen LogP contribution in [0.4, 0.5) is 0 Å². The lowest BCUT2D eigenvalue weighted by Gasteiger charge is -2.31. The van der Waals surface area contributed by atoms with Crippen molar-refractivity contribution in [2.24, 2.45) is 5.73 Å². The van der Waals surface area contributed by atoms with E-state index in [1.54, 1.807) is 11.2 Å². The summed E-state index contributed by atoms with van der Waals surface area (Å²) in [6.45, 7) is 3.66. The topological polar surface area (TPSA) is 129 Å². The number of sulfonamides is 1. The van der Waals surface area contributed by atoms with Gasteiger partial charge in [-0.1, -0.05) is 30.3 Å².